The maximum atomic E-state index is 4.48. The fourth-order valence-electron chi connectivity index (χ4n) is 10.4. The molecule has 4 nitrogen and oxygen atoms in total. The zero-order chi connectivity index (χ0) is 39.9. The average Bonchev–Trinajstić information content (AvgIpc) is 3.20. The minimum atomic E-state index is 0. The molecule has 0 bridgehead atoms. The van der Waals surface area contributed by atoms with Crippen LogP contribution in [0, 0.1) is 41.4 Å². The van der Waals surface area contributed by atoms with Gasteiger partial charge in [-0.05, 0) is 148 Å². The first-order valence-corrected chi connectivity index (χ1v) is 22.4. The summed E-state index contributed by atoms with van der Waals surface area (Å²) < 4.78 is 0. The van der Waals surface area contributed by atoms with Crippen LogP contribution in [0.3, 0.4) is 0 Å². The second-order valence-corrected chi connectivity index (χ2v) is 18.5. The molecule has 4 aliphatic carbocycles. The first-order valence-electron chi connectivity index (χ1n) is 22.4. The highest BCUT2D eigenvalue weighted by Gasteiger charge is 2.29. The topological polar surface area (TPSA) is 51.6 Å². The van der Waals surface area contributed by atoms with E-state index < -0.39 is 0 Å². The van der Waals surface area contributed by atoms with Gasteiger partial charge in [0, 0.05) is 71.2 Å². The van der Waals surface area contributed by atoms with Crippen molar-refractivity contribution in [2.24, 2.45) is 41.4 Å². The van der Waals surface area contributed by atoms with Crippen LogP contribution in [0.4, 0.5) is 0 Å². The van der Waals surface area contributed by atoms with Crippen LogP contribution in [-0.4, -0.2) is 19.9 Å². The third-order valence-electron chi connectivity index (χ3n) is 13.6. The van der Waals surface area contributed by atoms with Crippen molar-refractivity contribution < 1.29 is 0 Å². The summed E-state index contributed by atoms with van der Waals surface area (Å²) in [7, 11) is 0. The van der Waals surface area contributed by atoms with Crippen LogP contribution in [-0.2, 0) is 0 Å². The Morgan fingerprint density at radius 3 is 0.982 bits per heavy atom. The highest BCUT2D eigenvalue weighted by atomic mass is 14.7. The number of rotatable bonds is 4. The fraction of sp³-hybridized carbons (Fsp3) is 0.585. The lowest BCUT2D eigenvalue weighted by Gasteiger charge is -2.32. The summed E-state index contributed by atoms with van der Waals surface area (Å²) in [6, 6.07) is 25.1. The molecular weight excluding hydrogens is 693 g/mol. The Hall–Kier alpha value is -3.66. The van der Waals surface area contributed by atoms with Crippen molar-refractivity contribution in [1.82, 2.24) is 19.9 Å². The van der Waals surface area contributed by atoms with Crippen LogP contribution in [0.15, 0.2) is 109 Å². The van der Waals surface area contributed by atoms with Gasteiger partial charge in [-0.2, -0.15) is 0 Å². The maximum absolute atomic E-state index is 4.48. The predicted octanol–water partition coefficient (Wildman–Crippen LogP) is 15.0. The Balaban J connectivity index is 0.000000167. The van der Waals surface area contributed by atoms with Crippen LogP contribution in [0.5, 0.6) is 0 Å². The molecule has 57 heavy (non-hydrogen) atoms. The maximum Gasteiger partial charge on any atom is 0.0440 e. The lowest BCUT2D eigenvalue weighted by Crippen LogP contribution is -2.20. The van der Waals surface area contributed by atoms with Crippen molar-refractivity contribution in [3.63, 3.8) is 0 Å². The summed E-state index contributed by atoms with van der Waals surface area (Å²) >= 11 is 0. The SMILES string of the molecule is C.CC1=CC(C)C(c2ccccn2)CC1.CC1CCC(c2ccccn2)C(C)C1.CC1CCC(c2ccccn2)C(C)C1.CC1CCC(c2ccccn2)C(C)C1. The molecule has 0 N–H and O–H groups in total. The molecule has 8 rings (SSSR count). The molecule has 0 radical (unpaired) electrons. The molecule has 4 aliphatic rings. The predicted molar refractivity (Wildman–Crippen MR) is 243 cm³/mol. The fourth-order valence-corrected chi connectivity index (χ4v) is 10.4. The zero-order valence-electron chi connectivity index (χ0n) is 36.2. The van der Waals surface area contributed by atoms with Gasteiger partial charge >= 0.3 is 0 Å². The van der Waals surface area contributed by atoms with Gasteiger partial charge < -0.3 is 0 Å². The first kappa shape index (κ1) is 46.0. The Kier molecular flexibility index (Phi) is 19.1. The van der Waals surface area contributed by atoms with Crippen LogP contribution >= 0.6 is 0 Å². The molecule has 0 saturated heterocycles. The highest BCUT2D eigenvalue weighted by Crippen LogP contribution is 2.41. The van der Waals surface area contributed by atoms with Gasteiger partial charge in [0.05, 0.1) is 0 Å². The molecule has 11 atom stereocenters. The summed E-state index contributed by atoms with van der Waals surface area (Å²) in [4.78, 5) is 17.9. The van der Waals surface area contributed by atoms with Crippen molar-refractivity contribution in [1.29, 1.82) is 0 Å². The molecule has 0 spiro atoms. The Morgan fingerprint density at radius 1 is 0.404 bits per heavy atom. The van der Waals surface area contributed by atoms with Gasteiger partial charge in [-0.3, -0.25) is 19.9 Å². The average molecular weight is 771 g/mol. The third kappa shape index (κ3) is 14.3. The Morgan fingerprint density at radius 2 is 0.719 bits per heavy atom. The zero-order valence-corrected chi connectivity index (χ0v) is 36.2. The van der Waals surface area contributed by atoms with E-state index in [2.05, 4.69) is 130 Å². The molecule has 0 aliphatic heterocycles. The van der Waals surface area contributed by atoms with Crippen molar-refractivity contribution in [3.05, 3.63) is 132 Å². The molecule has 0 aromatic carbocycles. The molecule has 4 heteroatoms. The van der Waals surface area contributed by atoms with E-state index in [0.29, 0.717) is 29.6 Å². The van der Waals surface area contributed by atoms with E-state index in [0.717, 1.165) is 35.5 Å². The number of nitrogens with zero attached hydrogens (tertiary/aromatic N) is 4. The number of pyridine rings is 4. The largest absolute Gasteiger partial charge is 0.261 e. The molecule has 310 valence electrons. The number of hydrogen-bond acceptors (Lipinski definition) is 4. The molecule has 4 heterocycles. The standard InChI is InChI=1S/3C13H19N.C13H17N.CH4/c4*1-10-6-7-12(11(2)9-10)13-5-3-4-8-14-13;/h3*3-5,8,10-12H,6-7,9H2,1-2H3;3-5,8-9,11-12H,6-7H2,1-2H3;1H4. The molecule has 4 aromatic rings. The lowest BCUT2D eigenvalue weighted by molar-refractivity contribution is 0.258. The van der Waals surface area contributed by atoms with Crippen molar-refractivity contribution in [3.8, 4) is 0 Å². The van der Waals surface area contributed by atoms with Crippen LogP contribution in [0.25, 0.3) is 0 Å². The second-order valence-electron chi connectivity index (χ2n) is 18.5. The van der Waals surface area contributed by atoms with E-state index in [4.69, 9.17) is 0 Å². The quantitative estimate of drug-likeness (QED) is 0.194. The molecule has 11 unspecified atom stereocenters. The first-order chi connectivity index (χ1) is 27.1. The van der Waals surface area contributed by atoms with Gasteiger partial charge in [0.1, 0.15) is 0 Å². The third-order valence-corrected chi connectivity index (χ3v) is 13.6. The minimum absolute atomic E-state index is 0. The molecular formula is C53H78N4. The van der Waals surface area contributed by atoms with Gasteiger partial charge in [0.2, 0.25) is 0 Å². The van der Waals surface area contributed by atoms with Crippen LogP contribution < -0.4 is 0 Å². The summed E-state index contributed by atoms with van der Waals surface area (Å²) in [6.45, 7) is 18.7. The van der Waals surface area contributed by atoms with E-state index in [1.54, 1.807) is 0 Å². The van der Waals surface area contributed by atoms with Crippen molar-refractivity contribution >= 4 is 0 Å². The highest BCUT2D eigenvalue weighted by molar-refractivity contribution is 5.18. The Bertz CT molecular complexity index is 1530. The smallest absolute Gasteiger partial charge is 0.0440 e. The van der Waals surface area contributed by atoms with E-state index in [9.17, 15) is 0 Å². The lowest BCUT2D eigenvalue weighted by atomic mass is 9.74. The van der Waals surface area contributed by atoms with E-state index in [1.165, 1.54) is 99.0 Å². The van der Waals surface area contributed by atoms with Crippen LogP contribution in [0.2, 0.25) is 0 Å². The van der Waals surface area contributed by atoms with Gasteiger partial charge in [0.25, 0.3) is 0 Å². The number of hydrogen-bond donors (Lipinski definition) is 0. The van der Waals surface area contributed by atoms with E-state index >= 15 is 0 Å². The van der Waals surface area contributed by atoms with Crippen molar-refractivity contribution in [2.75, 3.05) is 0 Å². The van der Waals surface area contributed by atoms with Gasteiger partial charge in [-0.25, -0.2) is 0 Å². The monoisotopic (exact) mass is 771 g/mol. The van der Waals surface area contributed by atoms with Gasteiger partial charge in [-0.1, -0.05) is 111 Å². The number of allylic oxidation sites excluding steroid dienone is 2. The van der Waals surface area contributed by atoms with Gasteiger partial charge in [-0.15, -0.1) is 0 Å². The molecule has 0 amide bonds. The molecule has 3 fully saturated rings. The molecule has 3 saturated carbocycles. The summed E-state index contributed by atoms with van der Waals surface area (Å²) in [5.74, 6) is 8.49. The second kappa shape index (κ2) is 23.7. The molecule has 4 aromatic heterocycles. The number of aromatic nitrogens is 4. The summed E-state index contributed by atoms with van der Waals surface area (Å²) in [6.07, 6.45) is 24.7. The minimum Gasteiger partial charge on any atom is -0.261 e. The van der Waals surface area contributed by atoms with Crippen LogP contribution in [0.1, 0.15) is 180 Å². The normalized spacial score (nSPS) is 30.9. The van der Waals surface area contributed by atoms with Crippen molar-refractivity contribution in [2.45, 2.75) is 157 Å². The van der Waals surface area contributed by atoms with E-state index in [1.807, 2.05) is 49.1 Å². The van der Waals surface area contributed by atoms with Gasteiger partial charge in [0.15, 0.2) is 0 Å². The van der Waals surface area contributed by atoms with E-state index in [-0.39, 0.29) is 7.43 Å². The Labute approximate surface area is 349 Å². The summed E-state index contributed by atoms with van der Waals surface area (Å²) in [5, 5.41) is 0. The summed E-state index contributed by atoms with van der Waals surface area (Å²) in [5.41, 5.74) is 6.68.